The molecular weight excluding hydrogens is 508 g/mol. The van der Waals surface area contributed by atoms with Gasteiger partial charge >= 0.3 is 0 Å². The molecule has 0 aliphatic carbocycles. The van der Waals surface area contributed by atoms with Crippen LogP contribution in [0.5, 0.6) is 5.75 Å². The summed E-state index contributed by atoms with van der Waals surface area (Å²) < 4.78 is 34.2. The molecule has 1 aromatic heterocycles. The van der Waals surface area contributed by atoms with Crippen molar-refractivity contribution in [3.8, 4) is 11.4 Å². The van der Waals surface area contributed by atoms with Crippen LogP contribution in [0.2, 0.25) is 0 Å². The minimum absolute atomic E-state index is 0. The fraction of sp³-hybridized carbons (Fsp3) is 0.182. The Bertz CT molecular complexity index is 1190. The minimum Gasteiger partial charge on any atom is -0.487 e. The first-order valence-corrected chi connectivity index (χ1v) is 10.1. The van der Waals surface area contributed by atoms with Crippen molar-refractivity contribution >= 4 is 34.2 Å². The summed E-state index contributed by atoms with van der Waals surface area (Å²) >= 11 is 3.27. The number of carbonyl (C=O) groups excluding carboxylic acids is 1. The number of ether oxygens (including phenoxy) is 1. The van der Waals surface area contributed by atoms with E-state index in [-0.39, 0.29) is 46.9 Å². The van der Waals surface area contributed by atoms with E-state index in [1.807, 2.05) is 12.1 Å². The summed E-state index contributed by atoms with van der Waals surface area (Å²) in [5.74, 6) is -1.60. The zero-order valence-corrected chi connectivity index (χ0v) is 19.4. The lowest BCUT2D eigenvalue weighted by molar-refractivity contribution is -0.117. The molecule has 0 saturated carbocycles. The van der Waals surface area contributed by atoms with Gasteiger partial charge in [0.2, 0.25) is 5.91 Å². The lowest BCUT2D eigenvalue weighted by Gasteiger charge is -2.15. The van der Waals surface area contributed by atoms with Crippen LogP contribution in [0.4, 0.5) is 8.78 Å². The second-order valence-corrected chi connectivity index (χ2v) is 7.66. The molecule has 1 amide bonds. The molecule has 0 bridgehead atoms. The number of pyridine rings is 1. The van der Waals surface area contributed by atoms with Crippen molar-refractivity contribution in [1.29, 1.82) is 0 Å². The largest absolute Gasteiger partial charge is 0.487 e. The highest BCUT2D eigenvalue weighted by Gasteiger charge is 2.15. The van der Waals surface area contributed by atoms with E-state index in [1.54, 1.807) is 25.1 Å². The molecule has 0 unspecified atom stereocenters. The molecule has 170 valence electrons. The lowest BCUT2D eigenvalue weighted by Crippen LogP contribution is -2.28. The van der Waals surface area contributed by atoms with Gasteiger partial charge in [0, 0.05) is 35.6 Å². The second kappa shape index (κ2) is 11.2. The molecule has 32 heavy (non-hydrogen) atoms. The number of nitrogens with one attached hydrogen (secondary N) is 1. The van der Waals surface area contributed by atoms with Crippen molar-refractivity contribution in [1.82, 2.24) is 9.88 Å². The number of rotatable bonds is 8. The van der Waals surface area contributed by atoms with E-state index < -0.39 is 17.5 Å². The van der Waals surface area contributed by atoms with Crippen LogP contribution >= 0.6 is 28.3 Å². The van der Waals surface area contributed by atoms with Crippen LogP contribution in [0.15, 0.2) is 57.8 Å². The Morgan fingerprint density at radius 2 is 1.94 bits per heavy atom. The number of hydrogen-bond acceptors (Lipinski definition) is 4. The normalized spacial score (nSPS) is 10.5. The van der Waals surface area contributed by atoms with E-state index in [9.17, 15) is 18.4 Å². The van der Waals surface area contributed by atoms with E-state index in [2.05, 4.69) is 21.2 Å². The van der Waals surface area contributed by atoms with Crippen molar-refractivity contribution in [2.24, 2.45) is 5.73 Å². The number of nitrogens with zero attached hydrogens (tertiary/aromatic N) is 1. The molecule has 0 spiro atoms. The summed E-state index contributed by atoms with van der Waals surface area (Å²) in [4.78, 5) is 23.9. The third kappa shape index (κ3) is 6.15. The van der Waals surface area contributed by atoms with E-state index >= 15 is 0 Å². The molecule has 6 nitrogen and oxygen atoms in total. The molecule has 3 aromatic rings. The Balaban J connectivity index is 0.00000363. The number of aromatic nitrogens is 1. The van der Waals surface area contributed by atoms with E-state index in [0.29, 0.717) is 17.9 Å². The van der Waals surface area contributed by atoms with Gasteiger partial charge in [0.05, 0.1) is 6.54 Å². The molecule has 0 aliphatic rings. The average molecular weight is 529 g/mol. The Hall–Kier alpha value is -2.75. The predicted molar refractivity (Wildman–Crippen MR) is 123 cm³/mol. The summed E-state index contributed by atoms with van der Waals surface area (Å²) in [7, 11) is 0. The van der Waals surface area contributed by atoms with E-state index in [1.165, 1.54) is 10.6 Å². The average Bonchev–Trinajstić information content (AvgIpc) is 2.71. The van der Waals surface area contributed by atoms with Crippen LogP contribution in [0.3, 0.4) is 0 Å². The van der Waals surface area contributed by atoms with Crippen molar-refractivity contribution in [2.45, 2.75) is 20.1 Å². The molecule has 0 radical (unpaired) electrons. The topological polar surface area (TPSA) is 86.3 Å². The fourth-order valence-electron chi connectivity index (χ4n) is 3.04. The van der Waals surface area contributed by atoms with Crippen LogP contribution in [0.1, 0.15) is 16.8 Å². The van der Waals surface area contributed by atoms with Gasteiger partial charge in [-0.3, -0.25) is 14.2 Å². The van der Waals surface area contributed by atoms with Crippen molar-refractivity contribution in [2.75, 3.05) is 6.54 Å². The zero-order valence-electron chi connectivity index (χ0n) is 17.0. The molecule has 10 heteroatoms. The molecule has 3 rings (SSSR count). The maximum Gasteiger partial charge on any atom is 0.273 e. The standard InChI is InChI=1S/C22H20BrF2N3O3.ClH/c1-13-7-19(31-12-15-5-6-16(24)9-18(15)25)21(23)22(30)28(13)17-4-2-3-14(8-17)10-27-11-20(26)29;/h2-9,27H,10-12H2,1H3,(H2,26,29);1H. The Kier molecular flexibility index (Phi) is 8.94. The van der Waals surface area contributed by atoms with Crippen LogP contribution in [0.25, 0.3) is 5.69 Å². The number of carbonyl (C=O) groups is 1. The quantitative estimate of drug-likeness (QED) is 0.466. The number of benzene rings is 2. The van der Waals surface area contributed by atoms with Crippen LogP contribution in [0, 0.1) is 18.6 Å². The van der Waals surface area contributed by atoms with Crippen molar-refractivity contribution in [3.05, 3.63) is 91.8 Å². The third-order valence-electron chi connectivity index (χ3n) is 4.50. The summed E-state index contributed by atoms with van der Waals surface area (Å²) in [6.07, 6.45) is 0. The minimum atomic E-state index is -0.719. The SMILES string of the molecule is Cc1cc(OCc2ccc(F)cc2F)c(Br)c(=O)n1-c1cccc(CNCC(N)=O)c1.Cl. The molecule has 0 aliphatic heterocycles. The maximum atomic E-state index is 13.8. The Morgan fingerprint density at radius 3 is 2.62 bits per heavy atom. The molecule has 1 heterocycles. The lowest BCUT2D eigenvalue weighted by atomic mass is 10.2. The molecule has 2 aromatic carbocycles. The second-order valence-electron chi connectivity index (χ2n) is 6.87. The first-order chi connectivity index (χ1) is 14.8. The number of primary amides is 1. The monoisotopic (exact) mass is 527 g/mol. The van der Waals surface area contributed by atoms with Gasteiger partial charge in [0.1, 0.15) is 28.5 Å². The van der Waals surface area contributed by atoms with E-state index in [4.69, 9.17) is 10.5 Å². The van der Waals surface area contributed by atoms with Crippen LogP contribution in [-0.4, -0.2) is 17.0 Å². The van der Waals surface area contributed by atoms with Gasteiger partial charge in [-0.15, -0.1) is 12.4 Å². The number of aryl methyl sites for hydroxylation is 1. The molecule has 0 atom stereocenters. The summed E-state index contributed by atoms with van der Waals surface area (Å²) in [5.41, 5.74) is 7.05. The van der Waals surface area contributed by atoms with Crippen LogP contribution in [-0.2, 0) is 17.9 Å². The smallest absolute Gasteiger partial charge is 0.273 e. The zero-order chi connectivity index (χ0) is 22.5. The maximum absolute atomic E-state index is 13.8. The number of halogens is 4. The highest BCUT2D eigenvalue weighted by atomic mass is 79.9. The summed E-state index contributed by atoms with van der Waals surface area (Å²) in [6, 6.07) is 12.2. The molecular formula is C22H21BrClF2N3O3. The molecule has 3 N–H and O–H groups in total. The summed E-state index contributed by atoms with van der Waals surface area (Å²) in [6.45, 7) is 2.05. The highest BCUT2D eigenvalue weighted by molar-refractivity contribution is 9.10. The van der Waals surface area contributed by atoms with Crippen molar-refractivity contribution < 1.29 is 18.3 Å². The number of amides is 1. The molecule has 0 fully saturated rings. The fourth-order valence-corrected chi connectivity index (χ4v) is 3.44. The first kappa shape index (κ1) is 25.5. The van der Waals surface area contributed by atoms with Gasteiger partial charge in [0.15, 0.2) is 0 Å². The first-order valence-electron chi connectivity index (χ1n) is 9.33. The van der Waals surface area contributed by atoms with Gasteiger partial charge in [-0.25, -0.2) is 8.78 Å². The predicted octanol–water partition coefficient (Wildman–Crippen LogP) is 3.76. The van der Waals surface area contributed by atoms with Gasteiger partial charge < -0.3 is 15.8 Å². The van der Waals surface area contributed by atoms with Crippen molar-refractivity contribution in [3.63, 3.8) is 0 Å². The number of nitrogens with two attached hydrogens (primary N) is 1. The highest BCUT2D eigenvalue weighted by Crippen LogP contribution is 2.25. The number of hydrogen-bond donors (Lipinski definition) is 2. The van der Waals surface area contributed by atoms with E-state index in [0.717, 1.165) is 17.7 Å². The van der Waals surface area contributed by atoms with Gasteiger partial charge in [-0.05, 0) is 52.7 Å². The van der Waals surface area contributed by atoms with Gasteiger partial charge in [-0.2, -0.15) is 0 Å². The van der Waals surface area contributed by atoms with Gasteiger partial charge in [-0.1, -0.05) is 12.1 Å². The Labute approximate surface area is 197 Å². The van der Waals surface area contributed by atoms with Crippen LogP contribution < -0.4 is 21.3 Å². The van der Waals surface area contributed by atoms with Gasteiger partial charge in [0.25, 0.3) is 5.56 Å². The Morgan fingerprint density at radius 1 is 1.19 bits per heavy atom. The summed E-state index contributed by atoms with van der Waals surface area (Å²) in [5, 5.41) is 2.92. The third-order valence-corrected chi connectivity index (χ3v) is 5.23. The molecule has 0 saturated heterocycles.